The lowest BCUT2D eigenvalue weighted by Crippen LogP contribution is -2.00. The van der Waals surface area contributed by atoms with Crippen LogP contribution in [0.3, 0.4) is 0 Å². The normalized spacial score (nSPS) is 10.1. The van der Waals surface area contributed by atoms with Crippen LogP contribution in [-0.4, -0.2) is 14.8 Å². The van der Waals surface area contributed by atoms with E-state index < -0.39 is 38.7 Å². The fourth-order valence-electron chi connectivity index (χ4n) is 1.45. The molecule has 2 aromatic rings. The molecule has 0 fully saturated rings. The predicted molar refractivity (Wildman–Crippen MR) is 68.4 cm³/mol. The molecule has 2 rings (SSSR count). The van der Waals surface area contributed by atoms with E-state index in [1.165, 1.54) is 6.07 Å². The van der Waals surface area contributed by atoms with Crippen LogP contribution in [0.1, 0.15) is 0 Å². The van der Waals surface area contributed by atoms with Gasteiger partial charge >= 0.3 is 11.6 Å². The van der Waals surface area contributed by atoms with Crippen LogP contribution in [-0.2, 0) is 0 Å². The number of nitrogen functional groups attached to an aromatic ring is 1. The maximum Gasteiger partial charge on any atom is 0.331 e. The molecular weight excluding hydrogens is 287 g/mol. The number of non-ortho nitro benzene ring substituents is 1. The van der Waals surface area contributed by atoms with Crippen molar-refractivity contribution in [3.63, 3.8) is 0 Å². The zero-order valence-corrected chi connectivity index (χ0v) is 10.2. The third-order valence-electron chi connectivity index (χ3n) is 2.39. The van der Waals surface area contributed by atoms with Crippen molar-refractivity contribution in [1.29, 1.82) is 0 Å². The number of hydrogen-bond acceptors (Lipinski definition) is 7. The van der Waals surface area contributed by atoms with Gasteiger partial charge in [-0.05, 0) is 12.1 Å². The number of ether oxygens (including phenoxy) is 1. The Labute approximate surface area is 116 Å². The molecule has 0 unspecified atom stereocenters. The smallest absolute Gasteiger partial charge is 0.331 e. The first-order valence-corrected chi connectivity index (χ1v) is 5.41. The van der Waals surface area contributed by atoms with Gasteiger partial charge < -0.3 is 10.5 Å². The van der Waals surface area contributed by atoms with Gasteiger partial charge in [0, 0.05) is 12.1 Å². The van der Waals surface area contributed by atoms with Crippen LogP contribution in [0, 0.1) is 26.0 Å². The zero-order valence-electron chi connectivity index (χ0n) is 10.2. The molecule has 1 heterocycles. The SMILES string of the molecule is Nc1ccc([N+](=O)[O-])c(Oc2ccc([N+](=O)[O-])cc2F)n1. The van der Waals surface area contributed by atoms with Gasteiger partial charge in [-0.3, -0.25) is 20.2 Å². The molecule has 0 spiro atoms. The number of benzene rings is 1. The van der Waals surface area contributed by atoms with E-state index in [0.29, 0.717) is 6.07 Å². The molecule has 0 amide bonds. The summed E-state index contributed by atoms with van der Waals surface area (Å²) in [5.41, 5.74) is 4.40. The number of nitro benzene ring substituents is 1. The second-order valence-electron chi connectivity index (χ2n) is 3.79. The van der Waals surface area contributed by atoms with Gasteiger partial charge in [0.2, 0.25) is 0 Å². The summed E-state index contributed by atoms with van der Waals surface area (Å²) in [5.74, 6) is -2.06. The maximum absolute atomic E-state index is 13.7. The monoisotopic (exact) mass is 294 g/mol. The van der Waals surface area contributed by atoms with Crippen LogP contribution in [0.4, 0.5) is 21.6 Å². The van der Waals surface area contributed by atoms with Gasteiger partial charge in [-0.1, -0.05) is 0 Å². The van der Waals surface area contributed by atoms with Crippen LogP contribution in [0.25, 0.3) is 0 Å². The minimum atomic E-state index is -1.05. The Balaban J connectivity index is 2.40. The van der Waals surface area contributed by atoms with E-state index in [4.69, 9.17) is 10.5 Å². The van der Waals surface area contributed by atoms with Gasteiger partial charge in [0.05, 0.1) is 15.9 Å². The van der Waals surface area contributed by atoms with Gasteiger partial charge in [0.25, 0.3) is 5.69 Å². The van der Waals surface area contributed by atoms with Gasteiger partial charge in [-0.2, -0.15) is 4.98 Å². The van der Waals surface area contributed by atoms with Gasteiger partial charge in [-0.25, -0.2) is 4.39 Å². The number of anilines is 1. The fourth-order valence-corrected chi connectivity index (χ4v) is 1.45. The lowest BCUT2D eigenvalue weighted by Gasteiger charge is -2.06. The predicted octanol–water partition coefficient (Wildman–Crippen LogP) is 2.41. The van der Waals surface area contributed by atoms with Crippen LogP contribution >= 0.6 is 0 Å². The second-order valence-corrected chi connectivity index (χ2v) is 3.79. The zero-order chi connectivity index (χ0) is 15.6. The van der Waals surface area contributed by atoms with Crippen molar-refractivity contribution >= 4 is 17.2 Å². The second kappa shape index (κ2) is 5.36. The van der Waals surface area contributed by atoms with Crippen molar-refractivity contribution in [2.24, 2.45) is 0 Å². The molecule has 0 aliphatic heterocycles. The van der Waals surface area contributed by atoms with E-state index in [0.717, 1.165) is 18.2 Å². The van der Waals surface area contributed by atoms with Crippen molar-refractivity contribution in [3.8, 4) is 11.6 Å². The Morgan fingerprint density at radius 2 is 1.86 bits per heavy atom. The molecule has 1 aromatic carbocycles. The Hall–Kier alpha value is -3.30. The average molecular weight is 294 g/mol. The molecule has 0 radical (unpaired) electrons. The summed E-state index contributed by atoms with van der Waals surface area (Å²) in [5, 5.41) is 21.3. The molecular formula is C11H7FN4O5. The summed E-state index contributed by atoms with van der Waals surface area (Å²) in [6.45, 7) is 0. The Kier molecular flexibility index (Phi) is 3.61. The molecule has 0 aliphatic rings. The van der Waals surface area contributed by atoms with Crippen molar-refractivity contribution in [2.45, 2.75) is 0 Å². The molecule has 108 valence electrons. The summed E-state index contributed by atoms with van der Waals surface area (Å²) >= 11 is 0. The van der Waals surface area contributed by atoms with Crippen LogP contribution in [0.5, 0.6) is 11.6 Å². The van der Waals surface area contributed by atoms with E-state index >= 15 is 0 Å². The van der Waals surface area contributed by atoms with Crippen molar-refractivity contribution in [2.75, 3.05) is 5.73 Å². The summed E-state index contributed by atoms with van der Waals surface area (Å²) < 4.78 is 18.7. The summed E-state index contributed by atoms with van der Waals surface area (Å²) in [4.78, 5) is 23.3. The highest BCUT2D eigenvalue weighted by Gasteiger charge is 2.20. The highest BCUT2D eigenvalue weighted by atomic mass is 19.1. The van der Waals surface area contributed by atoms with Gasteiger partial charge in [-0.15, -0.1) is 0 Å². The van der Waals surface area contributed by atoms with Gasteiger partial charge in [0.1, 0.15) is 5.82 Å². The number of nitrogens with zero attached hydrogens (tertiary/aromatic N) is 3. The molecule has 0 saturated carbocycles. The largest absolute Gasteiger partial charge is 0.430 e. The lowest BCUT2D eigenvalue weighted by molar-refractivity contribution is -0.386. The van der Waals surface area contributed by atoms with Crippen molar-refractivity contribution < 1.29 is 19.0 Å². The quantitative estimate of drug-likeness (QED) is 0.675. The summed E-state index contributed by atoms with van der Waals surface area (Å²) in [6.07, 6.45) is 0. The third kappa shape index (κ3) is 3.00. The maximum atomic E-state index is 13.7. The van der Waals surface area contributed by atoms with Crippen molar-refractivity contribution in [1.82, 2.24) is 4.98 Å². The van der Waals surface area contributed by atoms with E-state index in [1.807, 2.05) is 0 Å². The molecule has 0 aliphatic carbocycles. The minimum Gasteiger partial charge on any atom is -0.430 e. The molecule has 10 heteroatoms. The standard InChI is InChI=1S/C11H7FN4O5/c12-7-5-6(15(17)18)1-3-9(7)21-11-8(16(19)20)2-4-10(13)14-11/h1-5H,(H2,13,14). The van der Waals surface area contributed by atoms with E-state index in [9.17, 15) is 24.6 Å². The highest BCUT2D eigenvalue weighted by molar-refractivity contribution is 5.49. The van der Waals surface area contributed by atoms with Crippen molar-refractivity contribution in [3.05, 3.63) is 56.4 Å². The van der Waals surface area contributed by atoms with Gasteiger partial charge in [0.15, 0.2) is 11.6 Å². The molecule has 2 N–H and O–H groups in total. The number of aromatic nitrogens is 1. The lowest BCUT2D eigenvalue weighted by atomic mass is 10.3. The minimum absolute atomic E-state index is 0.0575. The molecule has 0 bridgehead atoms. The van der Waals surface area contributed by atoms with E-state index in [-0.39, 0.29) is 5.82 Å². The first-order chi connectivity index (χ1) is 9.88. The van der Waals surface area contributed by atoms with Crippen LogP contribution < -0.4 is 10.5 Å². The molecule has 21 heavy (non-hydrogen) atoms. The number of pyridine rings is 1. The average Bonchev–Trinajstić information content (AvgIpc) is 2.40. The number of rotatable bonds is 4. The van der Waals surface area contributed by atoms with Crippen LogP contribution in [0.15, 0.2) is 30.3 Å². The highest BCUT2D eigenvalue weighted by Crippen LogP contribution is 2.32. The molecule has 0 saturated heterocycles. The fraction of sp³-hybridized carbons (Fsp3) is 0. The first kappa shape index (κ1) is 14.1. The Morgan fingerprint density at radius 1 is 1.14 bits per heavy atom. The molecule has 0 atom stereocenters. The van der Waals surface area contributed by atoms with E-state index in [2.05, 4.69) is 4.98 Å². The Morgan fingerprint density at radius 3 is 2.43 bits per heavy atom. The number of nitro groups is 2. The summed E-state index contributed by atoms with van der Waals surface area (Å²) in [6, 6.07) is 4.85. The first-order valence-electron chi connectivity index (χ1n) is 5.41. The van der Waals surface area contributed by atoms with Crippen LogP contribution in [0.2, 0.25) is 0 Å². The van der Waals surface area contributed by atoms with E-state index in [1.54, 1.807) is 0 Å². The Bertz CT molecular complexity index is 737. The molecule has 9 nitrogen and oxygen atoms in total. The number of hydrogen-bond donors (Lipinski definition) is 1. The number of halogens is 1. The topological polar surface area (TPSA) is 134 Å². The third-order valence-corrected chi connectivity index (χ3v) is 2.39. The molecule has 1 aromatic heterocycles. The number of nitrogens with two attached hydrogens (primary N) is 1. The summed E-state index contributed by atoms with van der Waals surface area (Å²) in [7, 11) is 0.